The van der Waals surface area contributed by atoms with Crippen LogP contribution in [-0.2, 0) is 17.9 Å². The monoisotopic (exact) mass is 377 g/mol. The van der Waals surface area contributed by atoms with Gasteiger partial charge in [-0.3, -0.25) is 9.69 Å². The Morgan fingerprint density at radius 1 is 1.18 bits per heavy atom. The number of ether oxygens (including phenoxy) is 1. The number of aryl methyl sites for hydroxylation is 1. The Morgan fingerprint density at radius 3 is 2.79 bits per heavy atom. The first-order chi connectivity index (χ1) is 13.7. The average Bonchev–Trinajstić information content (AvgIpc) is 3.31. The Morgan fingerprint density at radius 2 is 1.96 bits per heavy atom. The highest BCUT2D eigenvalue weighted by molar-refractivity contribution is 5.84. The lowest BCUT2D eigenvalue weighted by Crippen LogP contribution is -2.23. The fraction of sp³-hybridized carbons (Fsp3) is 0.348. The van der Waals surface area contributed by atoms with E-state index in [1.807, 2.05) is 18.2 Å². The van der Waals surface area contributed by atoms with Crippen LogP contribution in [0.25, 0.3) is 10.9 Å². The second-order valence-corrected chi connectivity index (χ2v) is 7.45. The van der Waals surface area contributed by atoms with Crippen LogP contribution in [-0.4, -0.2) is 29.0 Å². The number of likely N-dealkylation sites (tertiary alicyclic amines) is 1. The van der Waals surface area contributed by atoms with Gasteiger partial charge < -0.3 is 15.0 Å². The lowest BCUT2D eigenvalue weighted by molar-refractivity contribution is -0.118. The number of rotatable bonds is 7. The molecule has 1 fully saturated rings. The second kappa shape index (κ2) is 8.07. The molecule has 1 atom stereocenters. The van der Waals surface area contributed by atoms with Crippen LogP contribution in [0.15, 0.2) is 54.7 Å². The summed E-state index contributed by atoms with van der Waals surface area (Å²) >= 11 is 0. The van der Waals surface area contributed by atoms with Crippen LogP contribution < -0.4 is 10.5 Å². The second-order valence-electron chi connectivity index (χ2n) is 7.45. The number of nitrogens with zero attached hydrogens (tertiary/aromatic N) is 2. The highest BCUT2D eigenvalue weighted by Gasteiger charge is 2.28. The van der Waals surface area contributed by atoms with Gasteiger partial charge in [0.1, 0.15) is 5.75 Å². The Labute approximate surface area is 165 Å². The zero-order chi connectivity index (χ0) is 19.5. The number of nitrogens with two attached hydrogens (primary N) is 1. The minimum atomic E-state index is -0.268. The van der Waals surface area contributed by atoms with Crippen molar-refractivity contribution in [2.75, 3.05) is 13.7 Å². The lowest BCUT2D eigenvalue weighted by atomic mass is 10.0. The summed E-state index contributed by atoms with van der Waals surface area (Å²) < 4.78 is 7.77. The van der Waals surface area contributed by atoms with E-state index in [1.54, 1.807) is 7.11 Å². The molecule has 4 rings (SSSR count). The van der Waals surface area contributed by atoms with Crippen molar-refractivity contribution in [1.29, 1.82) is 0 Å². The average molecular weight is 377 g/mol. The topological polar surface area (TPSA) is 60.5 Å². The molecule has 2 N–H and O–H groups in total. The van der Waals surface area contributed by atoms with Gasteiger partial charge in [0, 0.05) is 48.2 Å². The van der Waals surface area contributed by atoms with Crippen molar-refractivity contribution in [3.05, 3.63) is 65.9 Å². The smallest absolute Gasteiger partial charge is 0.219 e. The maximum Gasteiger partial charge on any atom is 0.219 e. The molecular weight excluding hydrogens is 350 g/mol. The summed E-state index contributed by atoms with van der Waals surface area (Å²) in [5, 5.41) is 1.25. The standard InChI is InChI=1S/C23H27N3O2/c1-28-22-11-5-3-8-19(22)21-10-6-13-25(21)15-17-16-26(14-12-23(24)27)20-9-4-2-7-18(17)20/h2-5,7-9,11,16,21H,6,10,12-15H2,1H3,(H2,24,27)/t21-/m1/s1. The van der Waals surface area contributed by atoms with Crippen LogP contribution in [0.4, 0.5) is 0 Å². The quantitative estimate of drug-likeness (QED) is 0.680. The predicted octanol–water partition coefficient (Wildman–Crippen LogP) is 3.86. The molecule has 0 unspecified atom stereocenters. The van der Waals surface area contributed by atoms with E-state index in [-0.39, 0.29) is 5.91 Å². The molecule has 5 heteroatoms. The van der Waals surface area contributed by atoms with Crippen LogP contribution in [0.5, 0.6) is 5.75 Å². The van der Waals surface area contributed by atoms with Crippen LogP contribution in [0.1, 0.15) is 36.4 Å². The third kappa shape index (κ3) is 3.62. The van der Waals surface area contributed by atoms with Gasteiger partial charge in [-0.15, -0.1) is 0 Å². The summed E-state index contributed by atoms with van der Waals surface area (Å²) in [5.41, 5.74) is 9.08. The van der Waals surface area contributed by atoms with Gasteiger partial charge in [0.2, 0.25) is 5.91 Å². The fourth-order valence-electron chi connectivity index (χ4n) is 4.39. The molecule has 0 radical (unpaired) electrons. The summed E-state index contributed by atoms with van der Waals surface area (Å²) in [6.45, 7) is 2.57. The highest BCUT2D eigenvalue weighted by Crippen LogP contribution is 2.38. The molecule has 2 heterocycles. The number of aromatic nitrogens is 1. The molecule has 1 aliphatic rings. The number of methoxy groups -OCH3 is 1. The van der Waals surface area contributed by atoms with Crippen LogP contribution in [0.3, 0.4) is 0 Å². The number of primary amides is 1. The fourth-order valence-corrected chi connectivity index (χ4v) is 4.39. The summed E-state index contributed by atoms with van der Waals surface area (Å²) in [5.74, 6) is 0.693. The zero-order valence-electron chi connectivity index (χ0n) is 16.3. The largest absolute Gasteiger partial charge is 0.496 e. The molecule has 146 valence electrons. The molecule has 0 saturated carbocycles. The molecule has 1 saturated heterocycles. The van der Waals surface area contributed by atoms with Crippen LogP contribution in [0.2, 0.25) is 0 Å². The highest BCUT2D eigenvalue weighted by atomic mass is 16.5. The van der Waals surface area contributed by atoms with Gasteiger partial charge in [0.25, 0.3) is 0 Å². The zero-order valence-corrected chi connectivity index (χ0v) is 16.3. The van der Waals surface area contributed by atoms with E-state index >= 15 is 0 Å². The van der Waals surface area contributed by atoms with Gasteiger partial charge >= 0.3 is 0 Å². The number of benzene rings is 2. The SMILES string of the molecule is COc1ccccc1[C@H]1CCCN1Cc1cn(CCC(N)=O)c2ccccc12. The van der Waals surface area contributed by atoms with Gasteiger partial charge in [-0.05, 0) is 37.1 Å². The summed E-state index contributed by atoms with van der Waals surface area (Å²) in [6.07, 6.45) is 4.86. The number of hydrogen-bond acceptors (Lipinski definition) is 3. The molecule has 1 aromatic heterocycles. The predicted molar refractivity (Wildman–Crippen MR) is 111 cm³/mol. The van der Waals surface area contributed by atoms with Gasteiger partial charge in [-0.2, -0.15) is 0 Å². The van der Waals surface area contributed by atoms with Gasteiger partial charge in [-0.1, -0.05) is 36.4 Å². The third-order valence-electron chi connectivity index (χ3n) is 5.71. The number of hydrogen-bond donors (Lipinski definition) is 1. The van der Waals surface area contributed by atoms with Crippen LogP contribution in [0, 0.1) is 0 Å². The van der Waals surface area contributed by atoms with Gasteiger partial charge in [0.05, 0.1) is 7.11 Å². The number of fused-ring (bicyclic) bond motifs is 1. The number of para-hydroxylation sites is 2. The molecule has 1 amide bonds. The van der Waals surface area contributed by atoms with E-state index in [4.69, 9.17) is 10.5 Å². The first kappa shape index (κ1) is 18.6. The van der Waals surface area contributed by atoms with E-state index in [2.05, 4.69) is 46.0 Å². The summed E-state index contributed by atoms with van der Waals surface area (Å²) in [4.78, 5) is 13.8. The van der Waals surface area contributed by atoms with Crippen molar-refractivity contribution in [3.63, 3.8) is 0 Å². The molecule has 2 aromatic carbocycles. The number of carbonyl (C=O) groups is 1. The van der Waals surface area contributed by atoms with E-state index in [0.717, 1.165) is 30.8 Å². The Balaban J connectivity index is 1.63. The van der Waals surface area contributed by atoms with E-state index in [1.165, 1.54) is 22.9 Å². The Kier molecular flexibility index (Phi) is 5.35. The molecule has 1 aliphatic heterocycles. The van der Waals surface area contributed by atoms with Crippen LogP contribution >= 0.6 is 0 Å². The van der Waals surface area contributed by atoms with Crippen molar-refractivity contribution in [2.24, 2.45) is 5.73 Å². The van der Waals surface area contributed by atoms with Gasteiger partial charge in [-0.25, -0.2) is 0 Å². The van der Waals surface area contributed by atoms with Crippen molar-refractivity contribution in [3.8, 4) is 5.75 Å². The molecule has 28 heavy (non-hydrogen) atoms. The number of carbonyl (C=O) groups excluding carboxylic acids is 1. The maximum atomic E-state index is 11.2. The minimum absolute atomic E-state index is 0.268. The summed E-state index contributed by atoms with van der Waals surface area (Å²) in [7, 11) is 1.74. The first-order valence-electron chi connectivity index (χ1n) is 9.89. The molecule has 0 bridgehead atoms. The van der Waals surface area contributed by atoms with Crippen molar-refractivity contribution < 1.29 is 9.53 Å². The summed E-state index contributed by atoms with van der Waals surface area (Å²) in [6, 6.07) is 17.1. The Bertz CT molecular complexity index is 979. The Hall–Kier alpha value is -2.79. The molecule has 5 nitrogen and oxygen atoms in total. The van der Waals surface area contributed by atoms with Crippen molar-refractivity contribution >= 4 is 16.8 Å². The first-order valence-corrected chi connectivity index (χ1v) is 9.89. The maximum absolute atomic E-state index is 11.2. The minimum Gasteiger partial charge on any atom is -0.496 e. The van der Waals surface area contributed by atoms with E-state index < -0.39 is 0 Å². The number of amides is 1. The van der Waals surface area contributed by atoms with E-state index in [0.29, 0.717) is 19.0 Å². The molecular formula is C23H27N3O2. The molecule has 0 spiro atoms. The third-order valence-corrected chi connectivity index (χ3v) is 5.71. The van der Waals surface area contributed by atoms with E-state index in [9.17, 15) is 4.79 Å². The van der Waals surface area contributed by atoms with Crippen molar-refractivity contribution in [1.82, 2.24) is 9.47 Å². The normalized spacial score (nSPS) is 17.2. The van der Waals surface area contributed by atoms with Gasteiger partial charge in [0.15, 0.2) is 0 Å². The van der Waals surface area contributed by atoms with Crippen molar-refractivity contribution in [2.45, 2.75) is 38.4 Å². The molecule has 3 aromatic rings. The lowest BCUT2D eigenvalue weighted by Gasteiger charge is -2.26. The molecule has 0 aliphatic carbocycles.